The Hall–Kier alpha value is -2.41. The molecule has 0 atom stereocenters. The van der Waals surface area contributed by atoms with Crippen molar-refractivity contribution in [1.29, 1.82) is 0 Å². The van der Waals surface area contributed by atoms with Crippen molar-refractivity contribution in [2.24, 2.45) is 0 Å². The second-order valence-electron chi connectivity index (χ2n) is 3.65. The third-order valence-corrected chi connectivity index (χ3v) is 2.29. The van der Waals surface area contributed by atoms with Crippen LogP contribution in [0.5, 0.6) is 11.6 Å². The van der Waals surface area contributed by atoms with E-state index in [-0.39, 0.29) is 0 Å². The topological polar surface area (TPSA) is 95.2 Å². The molecule has 2 aromatic rings. The molecule has 2 rings (SSSR count). The van der Waals surface area contributed by atoms with Crippen molar-refractivity contribution < 1.29 is 9.47 Å². The van der Waals surface area contributed by atoms with Crippen molar-refractivity contribution in [2.75, 3.05) is 31.3 Å². The number of ether oxygens (including phenoxy) is 2. The molecule has 19 heavy (non-hydrogen) atoms. The lowest BCUT2D eigenvalue weighted by molar-refractivity contribution is 0.210. The van der Waals surface area contributed by atoms with Crippen LogP contribution in [-0.4, -0.2) is 35.2 Å². The zero-order valence-electron chi connectivity index (χ0n) is 10.5. The first-order valence-corrected chi connectivity index (χ1v) is 5.72. The maximum absolute atomic E-state index is 5.94. The molecule has 0 radical (unpaired) electrons. The summed E-state index contributed by atoms with van der Waals surface area (Å²) in [5.74, 6) is 1.38. The Balaban J connectivity index is 2.11. The third-order valence-electron chi connectivity index (χ3n) is 2.29. The van der Waals surface area contributed by atoms with Crippen LogP contribution in [0.15, 0.2) is 30.9 Å². The molecule has 100 valence electrons. The van der Waals surface area contributed by atoms with E-state index in [0.29, 0.717) is 36.3 Å². The van der Waals surface area contributed by atoms with E-state index in [1.807, 2.05) is 0 Å². The molecular formula is C12H15N5O2. The van der Waals surface area contributed by atoms with E-state index in [4.69, 9.17) is 15.2 Å². The van der Waals surface area contributed by atoms with Gasteiger partial charge in [0.1, 0.15) is 17.8 Å². The predicted octanol–water partition coefficient (Wildman–Crippen LogP) is 1.30. The highest BCUT2D eigenvalue weighted by Crippen LogP contribution is 2.28. The van der Waals surface area contributed by atoms with Gasteiger partial charge in [-0.15, -0.1) is 0 Å². The lowest BCUT2D eigenvalue weighted by Gasteiger charge is -2.11. The predicted molar refractivity (Wildman–Crippen MR) is 71.1 cm³/mol. The summed E-state index contributed by atoms with van der Waals surface area (Å²) in [5.41, 5.74) is 6.29. The highest BCUT2D eigenvalue weighted by Gasteiger charge is 2.09. The zero-order valence-corrected chi connectivity index (χ0v) is 10.5. The van der Waals surface area contributed by atoms with E-state index in [2.05, 4.69) is 20.3 Å². The first-order valence-electron chi connectivity index (χ1n) is 5.72. The Morgan fingerprint density at radius 2 is 2.26 bits per heavy atom. The van der Waals surface area contributed by atoms with Crippen LogP contribution in [0.25, 0.3) is 0 Å². The third kappa shape index (κ3) is 3.52. The fraction of sp³-hybridized carbons (Fsp3) is 0.250. The minimum absolute atomic E-state index is 0.294. The van der Waals surface area contributed by atoms with Crippen LogP contribution in [0.1, 0.15) is 0 Å². The van der Waals surface area contributed by atoms with Gasteiger partial charge in [-0.25, -0.2) is 4.98 Å². The van der Waals surface area contributed by atoms with E-state index in [1.165, 1.54) is 6.33 Å². The maximum atomic E-state index is 5.94. The smallest absolute Gasteiger partial charge is 0.248 e. The molecule has 0 amide bonds. The second-order valence-corrected chi connectivity index (χ2v) is 3.65. The minimum atomic E-state index is 0.294. The highest BCUT2D eigenvalue weighted by atomic mass is 16.5. The fourth-order valence-corrected chi connectivity index (χ4v) is 1.39. The summed E-state index contributed by atoms with van der Waals surface area (Å²) in [6.07, 6.45) is 4.63. The first-order chi connectivity index (χ1) is 9.31. The van der Waals surface area contributed by atoms with Crippen molar-refractivity contribution in [3.05, 3.63) is 30.9 Å². The largest absolute Gasteiger partial charge is 0.435 e. The number of rotatable bonds is 6. The molecule has 7 heteroatoms. The molecule has 0 bridgehead atoms. The molecule has 0 unspecified atom stereocenters. The normalized spacial score (nSPS) is 10.2. The molecule has 0 aromatic carbocycles. The molecule has 3 N–H and O–H groups in total. The summed E-state index contributed by atoms with van der Waals surface area (Å²) >= 11 is 0. The van der Waals surface area contributed by atoms with Crippen LogP contribution in [-0.2, 0) is 4.74 Å². The molecule has 0 saturated heterocycles. The summed E-state index contributed by atoms with van der Waals surface area (Å²) in [6.45, 7) is 1.16. The molecule has 2 heterocycles. The van der Waals surface area contributed by atoms with Gasteiger partial charge in [0.05, 0.1) is 12.8 Å². The molecular weight excluding hydrogens is 246 g/mol. The molecule has 0 aliphatic heterocycles. The van der Waals surface area contributed by atoms with Crippen LogP contribution in [0, 0.1) is 0 Å². The van der Waals surface area contributed by atoms with E-state index in [1.54, 1.807) is 31.6 Å². The number of pyridine rings is 1. The Morgan fingerprint density at radius 3 is 3.00 bits per heavy atom. The van der Waals surface area contributed by atoms with Gasteiger partial charge in [0.2, 0.25) is 5.88 Å². The van der Waals surface area contributed by atoms with Crippen LogP contribution >= 0.6 is 0 Å². The SMILES string of the molecule is COCCNc1ncnc(Oc2cccnc2)c1N. The molecule has 0 spiro atoms. The van der Waals surface area contributed by atoms with Crippen molar-refractivity contribution >= 4 is 11.5 Å². The van der Waals surface area contributed by atoms with Gasteiger partial charge < -0.3 is 20.5 Å². The molecule has 0 fully saturated rings. The van der Waals surface area contributed by atoms with E-state index in [9.17, 15) is 0 Å². The number of methoxy groups -OCH3 is 1. The van der Waals surface area contributed by atoms with Gasteiger partial charge in [0, 0.05) is 19.9 Å². The summed E-state index contributed by atoms with van der Waals surface area (Å²) in [4.78, 5) is 12.0. The quantitative estimate of drug-likeness (QED) is 0.757. The Morgan fingerprint density at radius 1 is 1.37 bits per heavy atom. The molecule has 7 nitrogen and oxygen atoms in total. The number of nitrogen functional groups attached to an aromatic ring is 1. The average Bonchev–Trinajstić information content (AvgIpc) is 2.44. The number of hydrogen-bond acceptors (Lipinski definition) is 7. The van der Waals surface area contributed by atoms with Gasteiger partial charge in [-0.2, -0.15) is 4.98 Å². The van der Waals surface area contributed by atoms with Crippen LogP contribution in [0.4, 0.5) is 11.5 Å². The molecule has 0 aliphatic carbocycles. The summed E-state index contributed by atoms with van der Waals surface area (Å²) < 4.78 is 10.5. The van der Waals surface area contributed by atoms with Crippen LogP contribution < -0.4 is 15.8 Å². The van der Waals surface area contributed by atoms with Crippen LogP contribution in [0.3, 0.4) is 0 Å². The molecule has 0 saturated carbocycles. The standard InChI is InChI=1S/C12H15N5O2/c1-18-6-5-15-11-10(13)12(17-8-16-11)19-9-3-2-4-14-7-9/h2-4,7-8H,5-6,13H2,1H3,(H,15,16,17). The van der Waals surface area contributed by atoms with Crippen molar-refractivity contribution in [3.8, 4) is 11.6 Å². The number of anilines is 2. The number of aromatic nitrogens is 3. The highest BCUT2D eigenvalue weighted by molar-refractivity contribution is 5.66. The van der Waals surface area contributed by atoms with Gasteiger partial charge in [-0.1, -0.05) is 0 Å². The number of hydrogen-bond donors (Lipinski definition) is 2. The second kappa shape index (κ2) is 6.50. The van der Waals surface area contributed by atoms with Gasteiger partial charge in [-0.3, -0.25) is 4.98 Å². The summed E-state index contributed by atoms with van der Waals surface area (Å²) in [5, 5.41) is 3.04. The minimum Gasteiger partial charge on any atom is -0.435 e. The van der Waals surface area contributed by atoms with Crippen LogP contribution in [0.2, 0.25) is 0 Å². The van der Waals surface area contributed by atoms with Crippen molar-refractivity contribution in [1.82, 2.24) is 15.0 Å². The van der Waals surface area contributed by atoms with Gasteiger partial charge in [0.15, 0.2) is 5.82 Å². The summed E-state index contributed by atoms with van der Waals surface area (Å²) in [6, 6.07) is 3.54. The van der Waals surface area contributed by atoms with E-state index in [0.717, 1.165) is 0 Å². The van der Waals surface area contributed by atoms with E-state index >= 15 is 0 Å². The zero-order chi connectivity index (χ0) is 13.5. The Kier molecular flexibility index (Phi) is 4.46. The van der Waals surface area contributed by atoms with E-state index < -0.39 is 0 Å². The molecule has 0 aliphatic rings. The summed E-state index contributed by atoms with van der Waals surface area (Å²) in [7, 11) is 1.63. The maximum Gasteiger partial charge on any atom is 0.248 e. The average molecular weight is 261 g/mol. The van der Waals surface area contributed by atoms with Gasteiger partial charge in [-0.05, 0) is 12.1 Å². The van der Waals surface area contributed by atoms with Gasteiger partial charge in [0.25, 0.3) is 0 Å². The molecule has 2 aromatic heterocycles. The number of nitrogens with zero attached hydrogens (tertiary/aromatic N) is 3. The van der Waals surface area contributed by atoms with Crippen molar-refractivity contribution in [2.45, 2.75) is 0 Å². The fourth-order valence-electron chi connectivity index (χ4n) is 1.39. The van der Waals surface area contributed by atoms with Gasteiger partial charge >= 0.3 is 0 Å². The Labute approximate surface area is 110 Å². The van der Waals surface area contributed by atoms with Crippen molar-refractivity contribution in [3.63, 3.8) is 0 Å². The number of nitrogens with one attached hydrogen (secondary N) is 1. The lowest BCUT2D eigenvalue weighted by Crippen LogP contribution is -2.11. The Bertz CT molecular complexity index is 521. The number of nitrogens with two attached hydrogens (primary N) is 1. The first kappa shape index (κ1) is 13.0. The monoisotopic (exact) mass is 261 g/mol. The lowest BCUT2D eigenvalue weighted by atomic mass is 10.4.